The fourth-order valence-corrected chi connectivity index (χ4v) is 2.62. The van der Waals surface area contributed by atoms with Crippen molar-refractivity contribution in [2.24, 2.45) is 0 Å². The summed E-state index contributed by atoms with van der Waals surface area (Å²) >= 11 is 0. The van der Waals surface area contributed by atoms with Crippen LogP contribution in [0.5, 0.6) is 11.5 Å². The van der Waals surface area contributed by atoms with Gasteiger partial charge in [0.25, 0.3) is 5.91 Å². The van der Waals surface area contributed by atoms with Crippen molar-refractivity contribution in [2.75, 3.05) is 11.9 Å². The van der Waals surface area contributed by atoms with Gasteiger partial charge in [-0.25, -0.2) is 0 Å². The maximum atomic E-state index is 12.9. The minimum atomic E-state index is -4.58. The van der Waals surface area contributed by atoms with Gasteiger partial charge in [-0.05, 0) is 29.8 Å². The number of nitrogens with one attached hydrogen (secondary N) is 1. The third-order valence-electron chi connectivity index (χ3n) is 3.69. The summed E-state index contributed by atoms with van der Waals surface area (Å²) in [7, 11) is 0. The van der Waals surface area contributed by atoms with Crippen molar-refractivity contribution >= 4 is 11.6 Å². The van der Waals surface area contributed by atoms with Gasteiger partial charge < -0.3 is 20.4 Å². The number of phenols is 2. The number of aromatic hydroxyl groups is 2. The van der Waals surface area contributed by atoms with Crippen molar-refractivity contribution in [3.63, 3.8) is 0 Å². The smallest absolute Gasteiger partial charge is 0.406 e. The SMILES string of the molecule is O=C1c2ccccc2NC(c2ccc(O)c(O)c2)N1CC(F)(F)F. The second kappa shape index (κ2) is 5.63. The van der Waals surface area contributed by atoms with Crippen LogP contribution in [0.3, 0.4) is 0 Å². The third kappa shape index (κ3) is 2.94. The van der Waals surface area contributed by atoms with Gasteiger partial charge in [0.15, 0.2) is 11.5 Å². The molecule has 126 valence electrons. The Morgan fingerprint density at radius 1 is 1.08 bits per heavy atom. The molecule has 1 heterocycles. The summed E-state index contributed by atoms with van der Waals surface area (Å²) in [6, 6.07) is 9.88. The van der Waals surface area contributed by atoms with Crippen molar-refractivity contribution in [3.8, 4) is 11.5 Å². The normalized spacial score (nSPS) is 17.4. The largest absolute Gasteiger partial charge is 0.504 e. The third-order valence-corrected chi connectivity index (χ3v) is 3.69. The lowest BCUT2D eigenvalue weighted by Gasteiger charge is -2.38. The quantitative estimate of drug-likeness (QED) is 0.735. The Morgan fingerprint density at radius 3 is 2.46 bits per heavy atom. The van der Waals surface area contributed by atoms with Crippen molar-refractivity contribution in [1.82, 2.24) is 4.90 Å². The predicted molar refractivity (Wildman–Crippen MR) is 79.7 cm³/mol. The number of fused-ring (bicyclic) bond motifs is 1. The van der Waals surface area contributed by atoms with Gasteiger partial charge in [0.2, 0.25) is 0 Å². The van der Waals surface area contributed by atoms with Crippen molar-refractivity contribution in [3.05, 3.63) is 53.6 Å². The molecule has 2 aromatic rings. The van der Waals surface area contributed by atoms with E-state index in [0.717, 1.165) is 12.1 Å². The van der Waals surface area contributed by atoms with Crippen LogP contribution in [-0.2, 0) is 0 Å². The molecule has 8 heteroatoms. The van der Waals surface area contributed by atoms with E-state index in [0.29, 0.717) is 10.6 Å². The molecule has 0 bridgehead atoms. The van der Waals surface area contributed by atoms with Gasteiger partial charge in [-0.3, -0.25) is 4.79 Å². The number of amides is 1. The molecule has 0 aliphatic carbocycles. The molecule has 2 aromatic carbocycles. The number of carbonyl (C=O) groups is 1. The lowest BCUT2D eigenvalue weighted by Crippen LogP contribution is -2.47. The Balaban J connectivity index is 2.07. The molecular formula is C16H13F3N2O3. The zero-order chi connectivity index (χ0) is 17.5. The Bertz CT molecular complexity index is 792. The number of halogens is 3. The number of carbonyl (C=O) groups excluding carboxylic acids is 1. The number of anilines is 1. The maximum Gasteiger partial charge on any atom is 0.406 e. The van der Waals surface area contributed by atoms with Gasteiger partial charge in [-0.1, -0.05) is 18.2 Å². The molecule has 0 aromatic heterocycles. The average molecular weight is 338 g/mol. The highest BCUT2D eigenvalue weighted by molar-refractivity contribution is 6.01. The molecule has 24 heavy (non-hydrogen) atoms. The number of benzene rings is 2. The monoisotopic (exact) mass is 338 g/mol. The molecule has 0 spiro atoms. The Morgan fingerprint density at radius 2 is 1.79 bits per heavy atom. The van der Waals surface area contributed by atoms with E-state index in [1.54, 1.807) is 18.2 Å². The van der Waals surface area contributed by atoms with Crippen LogP contribution in [0.4, 0.5) is 18.9 Å². The highest BCUT2D eigenvalue weighted by Crippen LogP contribution is 2.37. The van der Waals surface area contributed by atoms with E-state index in [2.05, 4.69) is 5.32 Å². The molecule has 0 saturated heterocycles. The van der Waals surface area contributed by atoms with E-state index in [9.17, 15) is 28.2 Å². The van der Waals surface area contributed by atoms with Gasteiger partial charge in [-0.15, -0.1) is 0 Å². The molecule has 1 amide bonds. The van der Waals surface area contributed by atoms with Gasteiger partial charge in [0, 0.05) is 5.69 Å². The molecule has 0 fully saturated rings. The van der Waals surface area contributed by atoms with Crippen LogP contribution < -0.4 is 5.32 Å². The highest BCUT2D eigenvalue weighted by Gasteiger charge is 2.40. The topological polar surface area (TPSA) is 72.8 Å². The molecular weight excluding hydrogens is 325 g/mol. The molecule has 1 unspecified atom stereocenters. The van der Waals surface area contributed by atoms with Crippen LogP contribution in [0.2, 0.25) is 0 Å². The summed E-state index contributed by atoms with van der Waals surface area (Å²) in [4.78, 5) is 13.2. The number of phenolic OH excluding ortho intramolecular Hbond substituents is 2. The second-order valence-corrected chi connectivity index (χ2v) is 5.39. The molecule has 1 aliphatic heterocycles. The number of hydrogen-bond acceptors (Lipinski definition) is 4. The number of rotatable bonds is 2. The molecule has 1 atom stereocenters. The van der Waals surface area contributed by atoms with Gasteiger partial charge >= 0.3 is 6.18 Å². The van der Waals surface area contributed by atoms with E-state index < -0.39 is 36.3 Å². The molecule has 5 nitrogen and oxygen atoms in total. The van der Waals surface area contributed by atoms with E-state index in [1.165, 1.54) is 12.1 Å². The van der Waals surface area contributed by atoms with Crippen LogP contribution in [0.15, 0.2) is 42.5 Å². The van der Waals surface area contributed by atoms with Crippen molar-refractivity contribution in [1.29, 1.82) is 0 Å². The number of nitrogens with zero attached hydrogens (tertiary/aromatic N) is 1. The molecule has 0 saturated carbocycles. The zero-order valence-corrected chi connectivity index (χ0v) is 12.2. The predicted octanol–water partition coefficient (Wildman–Crippen LogP) is 3.23. The van der Waals surface area contributed by atoms with Crippen molar-refractivity contribution in [2.45, 2.75) is 12.3 Å². The minimum absolute atomic E-state index is 0.140. The fourth-order valence-electron chi connectivity index (χ4n) is 2.62. The minimum Gasteiger partial charge on any atom is -0.504 e. The molecule has 0 radical (unpaired) electrons. The van der Waals surface area contributed by atoms with Crippen LogP contribution in [0.1, 0.15) is 22.1 Å². The van der Waals surface area contributed by atoms with Crippen LogP contribution >= 0.6 is 0 Å². The Labute approximate surface area is 134 Å². The lowest BCUT2D eigenvalue weighted by molar-refractivity contribution is -0.144. The van der Waals surface area contributed by atoms with E-state index in [-0.39, 0.29) is 11.1 Å². The van der Waals surface area contributed by atoms with Crippen LogP contribution in [0, 0.1) is 0 Å². The van der Waals surface area contributed by atoms with Gasteiger partial charge in [0.05, 0.1) is 5.56 Å². The standard InChI is InChI=1S/C16H13F3N2O3/c17-16(18,19)8-21-14(9-5-6-12(22)13(23)7-9)20-11-4-2-1-3-10(11)15(21)24/h1-7,14,20,22-23H,8H2. The number of alkyl halides is 3. The average Bonchev–Trinajstić information content (AvgIpc) is 2.52. The van der Waals surface area contributed by atoms with Crippen molar-refractivity contribution < 1.29 is 28.2 Å². The summed E-state index contributed by atoms with van der Waals surface area (Å²) < 4.78 is 38.7. The van der Waals surface area contributed by atoms with E-state index >= 15 is 0 Å². The molecule has 1 aliphatic rings. The number of para-hydroxylation sites is 1. The first-order chi connectivity index (χ1) is 11.3. The first-order valence-electron chi connectivity index (χ1n) is 7.01. The molecule has 3 N–H and O–H groups in total. The summed E-state index contributed by atoms with van der Waals surface area (Å²) in [6.07, 6.45) is -5.71. The summed E-state index contributed by atoms with van der Waals surface area (Å²) in [5.41, 5.74) is 0.761. The highest BCUT2D eigenvalue weighted by atomic mass is 19.4. The molecule has 3 rings (SSSR count). The van der Waals surface area contributed by atoms with E-state index in [4.69, 9.17) is 0 Å². The number of hydrogen-bond donors (Lipinski definition) is 3. The van der Waals surface area contributed by atoms with Gasteiger partial charge in [-0.2, -0.15) is 13.2 Å². The lowest BCUT2D eigenvalue weighted by atomic mass is 10.0. The van der Waals surface area contributed by atoms with Crippen LogP contribution in [0.25, 0.3) is 0 Å². The Kier molecular flexibility index (Phi) is 3.75. The summed E-state index contributed by atoms with van der Waals surface area (Å²) in [5.74, 6) is -1.64. The summed E-state index contributed by atoms with van der Waals surface area (Å²) in [6.45, 7) is -1.44. The van der Waals surface area contributed by atoms with Gasteiger partial charge in [0.1, 0.15) is 12.7 Å². The maximum absolute atomic E-state index is 12.9. The first-order valence-corrected chi connectivity index (χ1v) is 7.01. The zero-order valence-electron chi connectivity index (χ0n) is 12.2. The van der Waals surface area contributed by atoms with Crippen LogP contribution in [-0.4, -0.2) is 33.7 Å². The fraction of sp³-hybridized carbons (Fsp3) is 0.188. The Hall–Kier alpha value is -2.90. The second-order valence-electron chi connectivity index (χ2n) is 5.39. The first kappa shape index (κ1) is 16.0. The van der Waals surface area contributed by atoms with E-state index in [1.807, 2.05) is 0 Å². The summed E-state index contributed by atoms with van der Waals surface area (Å²) in [5, 5.41) is 21.9.